The number of carbonyl (C=O) groups is 1. The van der Waals surface area contributed by atoms with Crippen molar-refractivity contribution in [2.75, 3.05) is 24.3 Å². The fourth-order valence-corrected chi connectivity index (χ4v) is 1.97. The van der Waals surface area contributed by atoms with Crippen LogP contribution in [0.1, 0.15) is 0 Å². The molecule has 0 saturated carbocycles. The van der Waals surface area contributed by atoms with E-state index in [0.717, 1.165) is 0 Å². The minimum atomic E-state index is -0.474. The van der Waals surface area contributed by atoms with Crippen LogP contribution in [0.25, 0.3) is 0 Å². The number of halogens is 2. The highest BCUT2D eigenvalue weighted by atomic mass is 35.5. The van der Waals surface area contributed by atoms with Gasteiger partial charge in [0.15, 0.2) is 0 Å². The van der Waals surface area contributed by atoms with Crippen LogP contribution in [-0.2, 0) is 4.79 Å². The molecule has 0 aromatic heterocycles. The summed E-state index contributed by atoms with van der Waals surface area (Å²) in [5, 5.41) is 5.83. The number of anilines is 2. The van der Waals surface area contributed by atoms with Crippen molar-refractivity contribution >= 4 is 28.9 Å². The van der Waals surface area contributed by atoms with E-state index in [1.165, 1.54) is 19.2 Å². The smallest absolute Gasteiger partial charge is 0.243 e. The van der Waals surface area contributed by atoms with Gasteiger partial charge in [-0.15, -0.1) is 0 Å². The van der Waals surface area contributed by atoms with Gasteiger partial charge in [-0.25, -0.2) is 4.39 Å². The first kappa shape index (κ1) is 15.1. The van der Waals surface area contributed by atoms with Gasteiger partial charge in [0.1, 0.15) is 11.6 Å². The second kappa shape index (κ2) is 6.95. The maximum absolute atomic E-state index is 13.4. The molecule has 2 rings (SSSR count). The second-order valence-electron chi connectivity index (χ2n) is 4.23. The molecule has 4 nitrogen and oxygen atoms in total. The lowest BCUT2D eigenvalue weighted by atomic mass is 10.3. The molecule has 0 spiro atoms. The van der Waals surface area contributed by atoms with Crippen molar-refractivity contribution < 1.29 is 13.9 Å². The summed E-state index contributed by atoms with van der Waals surface area (Å²) in [4.78, 5) is 11.7. The monoisotopic (exact) mass is 308 g/mol. The van der Waals surface area contributed by atoms with E-state index in [9.17, 15) is 9.18 Å². The van der Waals surface area contributed by atoms with Gasteiger partial charge in [-0.1, -0.05) is 23.7 Å². The van der Waals surface area contributed by atoms with Crippen molar-refractivity contribution in [2.24, 2.45) is 0 Å². The Kier molecular flexibility index (Phi) is 5.00. The third-order valence-electron chi connectivity index (χ3n) is 2.75. The van der Waals surface area contributed by atoms with E-state index < -0.39 is 5.82 Å². The number of benzene rings is 2. The Morgan fingerprint density at radius 2 is 2.05 bits per heavy atom. The summed E-state index contributed by atoms with van der Waals surface area (Å²) in [6.45, 7) is -0.00298. The number of rotatable bonds is 5. The molecule has 0 aliphatic carbocycles. The van der Waals surface area contributed by atoms with Crippen LogP contribution < -0.4 is 15.4 Å². The second-order valence-corrected chi connectivity index (χ2v) is 4.64. The molecule has 0 aliphatic rings. The Bertz CT molecular complexity index is 649. The van der Waals surface area contributed by atoms with Crippen LogP contribution in [0.2, 0.25) is 5.02 Å². The normalized spacial score (nSPS) is 10.0. The summed E-state index contributed by atoms with van der Waals surface area (Å²) in [5.74, 6) is -0.275. The number of hydrogen-bond acceptors (Lipinski definition) is 3. The summed E-state index contributed by atoms with van der Waals surface area (Å²) in [6.07, 6.45) is 0. The van der Waals surface area contributed by atoms with Crippen LogP contribution in [0.4, 0.5) is 15.8 Å². The zero-order valence-corrected chi connectivity index (χ0v) is 12.1. The topological polar surface area (TPSA) is 50.4 Å². The Labute approximate surface area is 126 Å². The number of hydrogen-bond donors (Lipinski definition) is 2. The van der Waals surface area contributed by atoms with Crippen molar-refractivity contribution in [3.8, 4) is 5.75 Å². The molecular weight excluding hydrogens is 295 g/mol. The summed E-state index contributed by atoms with van der Waals surface area (Å²) in [6, 6.07) is 11.1. The van der Waals surface area contributed by atoms with E-state index in [-0.39, 0.29) is 18.1 Å². The van der Waals surface area contributed by atoms with Gasteiger partial charge in [-0.2, -0.15) is 0 Å². The molecular formula is C15H14ClFN2O2. The van der Waals surface area contributed by atoms with Crippen LogP contribution in [0.5, 0.6) is 5.75 Å². The maximum Gasteiger partial charge on any atom is 0.243 e. The van der Waals surface area contributed by atoms with Gasteiger partial charge < -0.3 is 15.4 Å². The van der Waals surface area contributed by atoms with Crippen molar-refractivity contribution in [1.29, 1.82) is 0 Å². The van der Waals surface area contributed by atoms with E-state index in [1.807, 2.05) is 0 Å². The van der Waals surface area contributed by atoms with Gasteiger partial charge in [0.25, 0.3) is 0 Å². The molecule has 6 heteroatoms. The molecule has 110 valence electrons. The highest BCUT2D eigenvalue weighted by Gasteiger charge is 2.07. The van der Waals surface area contributed by atoms with Gasteiger partial charge in [0.2, 0.25) is 5.91 Å². The van der Waals surface area contributed by atoms with Crippen molar-refractivity contribution in [2.45, 2.75) is 0 Å². The minimum Gasteiger partial charge on any atom is -0.495 e. The van der Waals surface area contributed by atoms with E-state index in [1.54, 1.807) is 30.3 Å². The number of para-hydroxylation sites is 1. The van der Waals surface area contributed by atoms with Gasteiger partial charge in [0.05, 0.1) is 24.4 Å². The molecule has 0 fully saturated rings. The molecule has 21 heavy (non-hydrogen) atoms. The summed E-state index contributed by atoms with van der Waals surface area (Å²) in [7, 11) is 1.52. The first-order valence-corrected chi connectivity index (χ1v) is 6.59. The zero-order chi connectivity index (χ0) is 15.2. The predicted octanol–water partition coefficient (Wildman–Crippen LogP) is 3.54. The molecule has 0 bridgehead atoms. The maximum atomic E-state index is 13.4. The highest BCUT2D eigenvalue weighted by Crippen LogP contribution is 2.27. The number of carbonyl (C=O) groups excluding carboxylic acids is 1. The van der Waals surface area contributed by atoms with Crippen molar-refractivity contribution in [3.05, 3.63) is 53.3 Å². The van der Waals surface area contributed by atoms with E-state index in [0.29, 0.717) is 16.5 Å². The van der Waals surface area contributed by atoms with E-state index in [4.69, 9.17) is 16.3 Å². The number of amides is 1. The number of ether oxygens (including phenoxy) is 1. The van der Waals surface area contributed by atoms with E-state index >= 15 is 0 Å². The molecule has 0 unspecified atom stereocenters. The fourth-order valence-electron chi connectivity index (χ4n) is 1.72. The Morgan fingerprint density at radius 3 is 2.71 bits per heavy atom. The lowest BCUT2D eigenvalue weighted by Crippen LogP contribution is -2.22. The predicted molar refractivity (Wildman–Crippen MR) is 81.5 cm³/mol. The fraction of sp³-hybridized carbons (Fsp3) is 0.133. The Hall–Kier alpha value is -2.27. The molecule has 0 heterocycles. The molecule has 0 aliphatic heterocycles. The Morgan fingerprint density at radius 1 is 1.29 bits per heavy atom. The quantitative estimate of drug-likeness (QED) is 0.888. The first-order chi connectivity index (χ1) is 10.1. The average molecular weight is 309 g/mol. The molecule has 2 aromatic rings. The third kappa shape index (κ3) is 4.10. The van der Waals surface area contributed by atoms with E-state index in [2.05, 4.69) is 10.6 Å². The van der Waals surface area contributed by atoms with Gasteiger partial charge in [-0.3, -0.25) is 4.79 Å². The van der Waals surface area contributed by atoms with Crippen LogP contribution >= 0.6 is 11.6 Å². The largest absolute Gasteiger partial charge is 0.495 e. The number of nitrogens with one attached hydrogen (secondary N) is 2. The first-order valence-electron chi connectivity index (χ1n) is 6.22. The molecule has 1 amide bonds. The molecule has 0 atom stereocenters. The van der Waals surface area contributed by atoms with Gasteiger partial charge in [-0.05, 0) is 30.3 Å². The highest BCUT2D eigenvalue weighted by molar-refractivity contribution is 6.32. The van der Waals surface area contributed by atoms with Crippen molar-refractivity contribution in [1.82, 2.24) is 0 Å². The molecule has 0 saturated heterocycles. The third-order valence-corrected chi connectivity index (χ3v) is 3.05. The zero-order valence-electron chi connectivity index (χ0n) is 11.3. The molecule has 2 N–H and O–H groups in total. The van der Waals surface area contributed by atoms with Crippen LogP contribution in [-0.4, -0.2) is 19.6 Å². The van der Waals surface area contributed by atoms with Gasteiger partial charge >= 0.3 is 0 Å². The van der Waals surface area contributed by atoms with Crippen LogP contribution in [0.3, 0.4) is 0 Å². The van der Waals surface area contributed by atoms with Crippen LogP contribution in [0.15, 0.2) is 42.5 Å². The standard InChI is InChI=1S/C15H14ClFN2O2/c1-21-14-7-6-10(8-11(14)16)18-9-15(20)19-13-5-3-2-4-12(13)17/h2-8,18H,9H2,1H3,(H,19,20). The number of methoxy groups -OCH3 is 1. The SMILES string of the molecule is COc1ccc(NCC(=O)Nc2ccccc2F)cc1Cl. The molecule has 2 aromatic carbocycles. The summed E-state index contributed by atoms with van der Waals surface area (Å²) >= 11 is 5.98. The average Bonchev–Trinajstić information content (AvgIpc) is 2.48. The summed E-state index contributed by atoms with van der Waals surface area (Å²) < 4.78 is 18.4. The minimum absolute atomic E-state index is 0.00298. The van der Waals surface area contributed by atoms with Crippen LogP contribution in [0, 0.1) is 5.82 Å². The lowest BCUT2D eigenvalue weighted by Gasteiger charge is -2.10. The van der Waals surface area contributed by atoms with Gasteiger partial charge in [0, 0.05) is 5.69 Å². The lowest BCUT2D eigenvalue weighted by molar-refractivity contribution is -0.114. The molecule has 0 radical (unpaired) electrons. The summed E-state index contributed by atoms with van der Waals surface area (Å²) in [5.41, 5.74) is 0.821. The Balaban J connectivity index is 1.92. The van der Waals surface area contributed by atoms with Crippen molar-refractivity contribution in [3.63, 3.8) is 0 Å².